The lowest BCUT2D eigenvalue weighted by atomic mass is 10.1. The molecule has 100 valence electrons. The molecule has 18 heavy (non-hydrogen) atoms. The lowest BCUT2D eigenvalue weighted by Gasteiger charge is -2.37. The number of hydrogen-bond acceptors (Lipinski definition) is 3. The highest BCUT2D eigenvalue weighted by molar-refractivity contribution is 7.07. The molecule has 0 unspecified atom stereocenters. The molecule has 1 aromatic heterocycles. The number of hydrogen-bond donors (Lipinski definition) is 0. The van der Waals surface area contributed by atoms with Gasteiger partial charge in [-0.25, -0.2) is 0 Å². The monoisotopic (exact) mass is 266 g/mol. The average Bonchev–Trinajstić information content (AvgIpc) is 2.89. The predicted octanol–water partition coefficient (Wildman–Crippen LogP) is 2.23. The number of carbonyl (C=O) groups excluding carboxylic acids is 1. The lowest BCUT2D eigenvalue weighted by Crippen LogP contribution is -2.50. The van der Waals surface area contributed by atoms with Gasteiger partial charge in [0.05, 0.1) is 0 Å². The predicted molar refractivity (Wildman–Crippen MR) is 75.9 cm³/mol. The van der Waals surface area contributed by atoms with Gasteiger partial charge in [-0.05, 0) is 42.7 Å². The van der Waals surface area contributed by atoms with Crippen molar-refractivity contribution in [1.82, 2.24) is 9.80 Å². The average molecular weight is 266 g/mol. The summed E-state index contributed by atoms with van der Waals surface area (Å²) in [6, 6.07) is 2.70. The van der Waals surface area contributed by atoms with E-state index in [0.29, 0.717) is 18.4 Å². The number of carbonyl (C=O) groups is 1. The van der Waals surface area contributed by atoms with E-state index in [9.17, 15) is 4.79 Å². The van der Waals surface area contributed by atoms with Crippen molar-refractivity contribution in [1.29, 1.82) is 0 Å². The molecule has 0 spiro atoms. The van der Waals surface area contributed by atoms with E-state index in [0.717, 1.165) is 32.6 Å². The van der Waals surface area contributed by atoms with Crippen LogP contribution in [0, 0.1) is 0 Å². The summed E-state index contributed by atoms with van der Waals surface area (Å²) in [6.45, 7) is 8.24. The van der Waals surface area contributed by atoms with Crippen molar-refractivity contribution in [3.63, 3.8) is 0 Å². The quantitative estimate of drug-likeness (QED) is 0.834. The molecule has 3 nitrogen and oxygen atoms in total. The Balaban J connectivity index is 1.74. The Morgan fingerprint density at radius 3 is 2.61 bits per heavy atom. The molecular formula is C14H22N2OS. The molecule has 0 aliphatic carbocycles. The first-order valence-electron chi connectivity index (χ1n) is 6.69. The van der Waals surface area contributed by atoms with Crippen molar-refractivity contribution in [3.05, 3.63) is 22.4 Å². The zero-order valence-corrected chi connectivity index (χ0v) is 12.1. The summed E-state index contributed by atoms with van der Waals surface area (Å²) < 4.78 is 0. The van der Waals surface area contributed by atoms with Gasteiger partial charge in [0.1, 0.15) is 0 Å². The molecule has 4 heteroatoms. The number of amides is 1. The van der Waals surface area contributed by atoms with Gasteiger partial charge in [-0.3, -0.25) is 9.69 Å². The maximum Gasteiger partial charge on any atom is 0.222 e. The molecule has 2 rings (SSSR count). The number of rotatable bonds is 4. The second-order valence-corrected chi connectivity index (χ2v) is 5.92. The zero-order chi connectivity index (χ0) is 13.0. The lowest BCUT2D eigenvalue weighted by molar-refractivity contribution is -0.133. The van der Waals surface area contributed by atoms with Gasteiger partial charge in [-0.1, -0.05) is 0 Å². The molecular weight excluding hydrogens is 244 g/mol. The third-order valence-electron chi connectivity index (χ3n) is 3.60. The Kier molecular flexibility index (Phi) is 4.78. The summed E-state index contributed by atoms with van der Waals surface area (Å²) >= 11 is 1.70. The van der Waals surface area contributed by atoms with E-state index in [-0.39, 0.29) is 0 Å². The highest BCUT2D eigenvalue weighted by Gasteiger charge is 2.21. The molecule has 0 bridgehead atoms. The highest BCUT2D eigenvalue weighted by Crippen LogP contribution is 2.11. The molecule has 1 aromatic rings. The second kappa shape index (κ2) is 6.34. The minimum atomic E-state index is 0.310. The fourth-order valence-electron chi connectivity index (χ4n) is 2.33. The van der Waals surface area contributed by atoms with Crippen LogP contribution in [0.1, 0.15) is 25.8 Å². The Labute approximate surface area is 113 Å². The third-order valence-corrected chi connectivity index (χ3v) is 4.34. The van der Waals surface area contributed by atoms with Crippen LogP contribution in [0.5, 0.6) is 0 Å². The Bertz CT molecular complexity index is 367. The van der Waals surface area contributed by atoms with Gasteiger partial charge in [0.25, 0.3) is 0 Å². The van der Waals surface area contributed by atoms with Gasteiger partial charge in [0.15, 0.2) is 0 Å². The summed E-state index contributed by atoms with van der Waals surface area (Å²) in [5.41, 5.74) is 1.29. The van der Waals surface area contributed by atoms with Gasteiger partial charge >= 0.3 is 0 Å². The number of nitrogens with zero attached hydrogens (tertiary/aromatic N) is 2. The fourth-order valence-corrected chi connectivity index (χ4v) is 3.04. The summed E-state index contributed by atoms with van der Waals surface area (Å²) in [5.74, 6) is 0.310. The van der Waals surface area contributed by atoms with Crippen LogP contribution in [0.2, 0.25) is 0 Å². The minimum Gasteiger partial charge on any atom is -0.340 e. The first-order chi connectivity index (χ1) is 8.66. The maximum atomic E-state index is 12.1. The molecule has 0 atom stereocenters. The minimum absolute atomic E-state index is 0.310. The van der Waals surface area contributed by atoms with Crippen molar-refractivity contribution in [2.24, 2.45) is 0 Å². The summed E-state index contributed by atoms with van der Waals surface area (Å²) in [6.07, 6.45) is 1.53. The molecule has 2 heterocycles. The topological polar surface area (TPSA) is 23.6 Å². The van der Waals surface area contributed by atoms with Crippen LogP contribution in [-0.4, -0.2) is 47.9 Å². The summed E-state index contributed by atoms with van der Waals surface area (Å²) in [4.78, 5) is 16.5. The number of thiophene rings is 1. The number of aryl methyl sites for hydroxylation is 1. The standard InChI is InChI=1S/C14H22N2OS/c1-12(2)15-6-8-16(9-7-15)14(17)4-3-13-5-10-18-11-13/h5,10-12H,3-4,6-9H2,1-2H3. The highest BCUT2D eigenvalue weighted by atomic mass is 32.1. The molecule has 1 aliphatic rings. The SMILES string of the molecule is CC(C)N1CCN(C(=O)CCc2ccsc2)CC1. The first kappa shape index (κ1) is 13.6. The second-order valence-electron chi connectivity index (χ2n) is 5.14. The molecule has 0 aromatic carbocycles. The molecule has 1 saturated heterocycles. The van der Waals surface area contributed by atoms with Crippen LogP contribution in [0.3, 0.4) is 0 Å². The Hall–Kier alpha value is -0.870. The van der Waals surface area contributed by atoms with Crippen LogP contribution >= 0.6 is 11.3 Å². The Morgan fingerprint density at radius 1 is 1.33 bits per heavy atom. The smallest absolute Gasteiger partial charge is 0.222 e. The Morgan fingerprint density at radius 2 is 2.06 bits per heavy atom. The largest absolute Gasteiger partial charge is 0.340 e. The van der Waals surface area contributed by atoms with Crippen LogP contribution in [0.15, 0.2) is 16.8 Å². The van der Waals surface area contributed by atoms with E-state index < -0.39 is 0 Å². The van der Waals surface area contributed by atoms with E-state index in [1.54, 1.807) is 11.3 Å². The van der Waals surface area contributed by atoms with Gasteiger partial charge < -0.3 is 4.90 Å². The molecule has 0 N–H and O–H groups in total. The summed E-state index contributed by atoms with van der Waals surface area (Å²) in [5, 5.41) is 4.20. The van der Waals surface area contributed by atoms with E-state index >= 15 is 0 Å². The van der Waals surface area contributed by atoms with Crippen molar-refractivity contribution in [2.75, 3.05) is 26.2 Å². The van der Waals surface area contributed by atoms with Gasteiger partial charge in [-0.2, -0.15) is 11.3 Å². The van der Waals surface area contributed by atoms with Gasteiger partial charge in [-0.15, -0.1) is 0 Å². The van der Waals surface area contributed by atoms with Crippen LogP contribution in [-0.2, 0) is 11.2 Å². The van der Waals surface area contributed by atoms with Crippen LogP contribution in [0.25, 0.3) is 0 Å². The summed E-state index contributed by atoms with van der Waals surface area (Å²) in [7, 11) is 0. The maximum absolute atomic E-state index is 12.1. The number of piperazine rings is 1. The molecule has 1 aliphatic heterocycles. The van der Waals surface area contributed by atoms with Crippen molar-refractivity contribution in [3.8, 4) is 0 Å². The molecule has 1 amide bonds. The first-order valence-corrected chi connectivity index (χ1v) is 7.64. The van der Waals surface area contributed by atoms with E-state index in [4.69, 9.17) is 0 Å². The van der Waals surface area contributed by atoms with Crippen molar-refractivity contribution >= 4 is 17.2 Å². The molecule has 0 radical (unpaired) electrons. The van der Waals surface area contributed by atoms with Gasteiger partial charge in [0.2, 0.25) is 5.91 Å². The van der Waals surface area contributed by atoms with Crippen LogP contribution < -0.4 is 0 Å². The van der Waals surface area contributed by atoms with Gasteiger partial charge in [0, 0.05) is 38.6 Å². The van der Waals surface area contributed by atoms with E-state index in [2.05, 4.69) is 35.6 Å². The van der Waals surface area contributed by atoms with Crippen molar-refractivity contribution in [2.45, 2.75) is 32.7 Å². The van der Waals surface area contributed by atoms with Crippen molar-refractivity contribution < 1.29 is 4.79 Å². The molecule has 0 saturated carbocycles. The third kappa shape index (κ3) is 3.56. The molecule has 1 fully saturated rings. The fraction of sp³-hybridized carbons (Fsp3) is 0.643. The van der Waals surface area contributed by atoms with Crippen LogP contribution in [0.4, 0.5) is 0 Å². The zero-order valence-electron chi connectivity index (χ0n) is 11.3. The normalized spacial score (nSPS) is 17.4. The van der Waals surface area contributed by atoms with E-state index in [1.807, 2.05) is 4.90 Å². The van der Waals surface area contributed by atoms with E-state index in [1.165, 1.54) is 5.56 Å².